The molecule has 0 aliphatic rings. The maximum Gasteiger partial charge on any atom is 0.222 e. The first-order chi connectivity index (χ1) is 17.1. The quantitative estimate of drug-likeness (QED) is 0.296. The third-order valence-corrected chi connectivity index (χ3v) is 5.79. The van der Waals surface area contributed by atoms with Gasteiger partial charge in [-0.25, -0.2) is 4.98 Å². The van der Waals surface area contributed by atoms with Gasteiger partial charge in [-0.05, 0) is 55.6 Å². The van der Waals surface area contributed by atoms with Crippen LogP contribution in [0.1, 0.15) is 13.8 Å². The first-order valence-corrected chi connectivity index (χ1v) is 11.7. The highest BCUT2D eigenvalue weighted by atomic mass is 16.5. The summed E-state index contributed by atoms with van der Waals surface area (Å²) in [5.41, 5.74) is 10.1. The Balaban J connectivity index is 1.67. The predicted molar refractivity (Wildman–Crippen MR) is 139 cm³/mol. The summed E-state index contributed by atoms with van der Waals surface area (Å²) in [7, 11) is 1.63. The van der Waals surface area contributed by atoms with Gasteiger partial charge in [-0.2, -0.15) is 4.98 Å². The highest BCUT2D eigenvalue weighted by molar-refractivity contribution is 5.90. The molecule has 0 spiro atoms. The number of nitrogens with zero attached hydrogens (tertiary/aromatic N) is 3. The van der Waals surface area contributed by atoms with Crippen molar-refractivity contribution >= 4 is 17.5 Å². The summed E-state index contributed by atoms with van der Waals surface area (Å²) in [4.78, 5) is 11.4. The van der Waals surface area contributed by atoms with Crippen LogP contribution in [0.4, 0.5) is 17.5 Å². The Morgan fingerprint density at radius 2 is 1.74 bits per heavy atom. The molecule has 0 saturated carbocycles. The molecular formula is C27H31N5O3. The minimum Gasteiger partial charge on any atom is -0.495 e. The SMILES string of the molecule is CCN(CC)CCOc1ccc(-c2nc(N)nc(Nc3ccccc3OC)c2-c2ccoc2)cc1. The molecule has 3 N–H and O–H groups in total. The molecule has 8 heteroatoms. The molecule has 4 rings (SSSR count). The van der Waals surface area contributed by atoms with Crippen LogP contribution >= 0.6 is 0 Å². The van der Waals surface area contributed by atoms with Gasteiger partial charge in [0.15, 0.2) is 0 Å². The minimum atomic E-state index is 0.157. The summed E-state index contributed by atoms with van der Waals surface area (Å²) in [5, 5.41) is 3.37. The van der Waals surface area contributed by atoms with Crippen LogP contribution in [-0.2, 0) is 0 Å². The van der Waals surface area contributed by atoms with Gasteiger partial charge < -0.3 is 29.8 Å². The Morgan fingerprint density at radius 3 is 2.43 bits per heavy atom. The lowest BCUT2D eigenvalue weighted by Gasteiger charge is -2.18. The molecule has 182 valence electrons. The number of likely N-dealkylation sites (N-methyl/N-ethyl adjacent to an activating group) is 1. The molecule has 0 amide bonds. The zero-order chi connectivity index (χ0) is 24.6. The van der Waals surface area contributed by atoms with Crippen molar-refractivity contribution in [2.75, 3.05) is 44.4 Å². The number of nitrogens with one attached hydrogen (secondary N) is 1. The average molecular weight is 474 g/mol. The zero-order valence-corrected chi connectivity index (χ0v) is 20.3. The first kappa shape index (κ1) is 24.1. The minimum absolute atomic E-state index is 0.157. The highest BCUT2D eigenvalue weighted by Crippen LogP contribution is 2.39. The van der Waals surface area contributed by atoms with Crippen LogP contribution in [0.25, 0.3) is 22.4 Å². The van der Waals surface area contributed by atoms with Gasteiger partial charge in [-0.15, -0.1) is 0 Å². The first-order valence-electron chi connectivity index (χ1n) is 11.7. The molecule has 0 fully saturated rings. The molecule has 0 aliphatic carbocycles. The fourth-order valence-electron chi connectivity index (χ4n) is 3.87. The van der Waals surface area contributed by atoms with E-state index in [0.29, 0.717) is 23.9 Å². The van der Waals surface area contributed by atoms with Crippen molar-refractivity contribution in [3.63, 3.8) is 0 Å². The van der Waals surface area contributed by atoms with E-state index in [9.17, 15) is 0 Å². The third kappa shape index (κ3) is 5.73. The number of aromatic nitrogens is 2. The van der Waals surface area contributed by atoms with Gasteiger partial charge in [0, 0.05) is 17.7 Å². The summed E-state index contributed by atoms with van der Waals surface area (Å²) >= 11 is 0. The second-order valence-electron chi connectivity index (χ2n) is 7.89. The van der Waals surface area contributed by atoms with E-state index < -0.39 is 0 Å². The second-order valence-corrected chi connectivity index (χ2v) is 7.89. The number of benzene rings is 2. The van der Waals surface area contributed by atoms with Gasteiger partial charge in [-0.1, -0.05) is 26.0 Å². The molecule has 0 bridgehead atoms. The number of rotatable bonds is 11. The Bertz CT molecular complexity index is 1220. The number of hydrogen-bond donors (Lipinski definition) is 2. The number of nitrogens with two attached hydrogens (primary N) is 1. The van der Waals surface area contributed by atoms with Crippen molar-refractivity contribution in [1.29, 1.82) is 0 Å². The summed E-state index contributed by atoms with van der Waals surface area (Å²) in [6.07, 6.45) is 3.28. The zero-order valence-electron chi connectivity index (χ0n) is 20.3. The van der Waals surface area contributed by atoms with Crippen molar-refractivity contribution in [2.24, 2.45) is 0 Å². The Hall–Kier alpha value is -4.04. The van der Waals surface area contributed by atoms with E-state index >= 15 is 0 Å². The van der Waals surface area contributed by atoms with E-state index in [1.807, 2.05) is 54.6 Å². The maximum atomic E-state index is 6.15. The highest BCUT2D eigenvalue weighted by Gasteiger charge is 2.19. The van der Waals surface area contributed by atoms with Crippen molar-refractivity contribution in [2.45, 2.75) is 13.8 Å². The largest absolute Gasteiger partial charge is 0.495 e. The van der Waals surface area contributed by atoms with Gasteiger partial charge in [-0.3, -0.25) is 0 Å². The van der Waals surface area contributed by atoms with Gasteiger partial charge in [0.05, 0.1) is 36.6 Å². The summed E-state index contributed by atoms with van der Waals surface area (Å²) in [5.74, 6) is 2.21. The number of para-hydroxylation sites is 2. The van der Waals surface area contributed by atoms with Gasteiger partial charge in [0.2, 0.25) is 5.95 Å². The van der Waals surface area contributed by atoms with Crippen LogP contribution in [0.2, 0.25) is 0 Å². The van der Waals surface area contributed by atoms with E-state index in [1.165, 1.54) is 0 Å². The lowest BCUT2D eigenvalue weighted by Crippen LogP contribution is -2.27. The Kier molecular flexibility index (Phi) is 7.84. The Labute approximate surface area is 205 Å². The molecule has 0 unspecified atom stereocenters. The fraction of sp³-hybridized carbons (Fsp3) is 0.259. The van der Waals surface area contributed by atoms with E-state index in [4.69, 9.17) is 19.6 Å². The van der Waals surface area contributed by atoms with Crippen LogP contribution in [0, 0.1) is 0 Å². The molecule has 2 aromatic heterocycles. The van der Waals surface area contributed by atoms with Crippen LogP contribution in [0.3, 0.4) is 0 Å². The van der Waals surface area contributed by atoms with Crippen molar-refractivity contribution in [3.8, 4) is 33.9 Å². The molecule has 4 aromatic rings. The number of nitrogen functional groups attached to an aromatic ring is 1. The predicted octanol–water partition coefficient (Wildman–Crippen LogP) is 5.46. The second kappa shape index (κ2) is 11.4. The molecule has 0 radical (unpaired) electrons. The molecule has 0 saturated heterocycles. The molecule has 2 aromatic carbocycles. The van der Waals surface area contributed by atoms with Crippen molar-refractivity contribution in [1.82, 2.24) is 14.9 Å². The lowest BCUT2D eigenvalue weighted by molar-refractivity contribution is 0.223. The molecule has 35 heavy (non-hydrogen) atoms. The topological polar surface area (TPSA) is 98.7 Å². The molecule has 0 atom stereocenters. The monoisotopic (exact) mass is 473 g/mol. The summed E-state index contributed by atoms with van der Waals surface area (Å²) < 4.78 is 16.8. The van der Waals surface area contributed by atoms with Crippen molar-refractivity contribution in [3.05, 3.63) is 67.1 Å². The number of ether oxygens (including phenoxy) is 2. The molecule has 0 aliphatic heterocycles. The van der Waals surface area contributed by atoms with E-state index in [-0.39, 0.29) is 5.95 Å². The van der Waals surface area contributed by atoms with Gasteiger partial charge in [0.1, 0.15) is 23.9 Å². The van der Waals surface area contributed by atoms with E-state index in [2.05, 4.69) is 34.0 Å². The summed E-state index contributed by atoms with van der Waals surface area (Å²) in [6, 6.07) is 17.3. The average Bonchev–Trinajstić information content (AvgIpc) is 3.41. The third-order valence-electron chi connectivity index (χ3n) is 5.79. The number of hydrogen-bond acceptors (Lipinski definition) is 8. The summed E-state index contributed by atoms with van der Waals surface area (Å²) in [6.45, 7) is 7.85. The van der Waals surface area contributed by atoms with E-state index in [0.717, 1.165) is 47.8 Å². The van der Waals surface area contributed by atoms with Gasteiger partial charge >= 0.3 is 0 Å². The lowest BCUT2D eigenvalue weighted by atomic mass is 10.0. The van der Waals surface area contributed by atoms with Crippen LogP contribution in [-0.4, -0.2) is 48.2 Å². The standard InChI is InChI=1S/C27H31N5O3/c1-4-32(5-2)15-17-35-21-12-10-19(11-13-21)25-24(20-14-16-34-18-20)26(31-27(28)30-25)29-22-8-6-7-9-23(22)33-3/h6-14,16,18H,4-5,15,17H2,1-3H3,(H3,28,29,30,31). The number of furan rings is 1. The van der Waals surface area contributed by atoms with E-state index in [1.54, 1.807) is 19.6 Å². The maximum absolute atomic E-state index is 6.15. The molecule has 2 heterocycles. The van der Waals surface area contributed by atoms with Crippen LogP contribution in [0.15, 0.2) is 71.5 Å². The molecular weight excluding hydrogens is 442 g/mol. The fourth-order valence-corrected chi connectivity index (χ4v) is 3.87. The van der Waals surface area contributed by atoms with Crippen LogP contribution in [0.5, 0.6) is 11.5 Å². The van der Waals surface area contributed by atoms with Crippen molar-refractivity contribution < 1.29 is 13.9 Å². The molecule has 8 nitrogen and oxygen atoms in total. The van der Waals surface area contributed by atoms with Gasteiger partial charge in [0.25, 0.3) is 0 Å². The number of anilines is 3. The normalized spacial score (nSPS) is 11.0. The Morgan fingerprint density at radius 1 is 0.971 bits per heavy atom. The van der Waals surface area contributed by atoms with Crippen LogP contribution < -0.4 is 20.5 Å². The smallest absolute Gasteiger partial charge is 0.222 e. The number of methoxy groups -OCH3 is 1.